The monoisotopic (exact) mass is 353 g/mol. The van der Waals surface area contributed by atoms with Gasteiger partial charge in [-0.25, -0.2) is 13.1 Å². The molecule has 24 heavy (non-hydrogen) atoms. The van der Waals surface area contributed by atoms with Gasteiger partial charge >= 0.3 is 0 Å². The fourth-order valence-electron chi connectivity index (χ4n) is 2.44. The smallest absolute Gasteiger partial charge is 0.240 e. The van der Waals surface area contributed by atoms with E-state index in [9.17, 15) is 13.5 Å². The van der Waals surface area contributed by atoms with Gasteiger partial charge < -0.3 is 14.3 Å². The highest BCUT2D eigenvalue weighted by Gasteiger charge is 2.20. The maximum absolute atomic E-state index is 12.5. The van der Waals surface area contributed by atoms with Crippen molar-refractivity contribution >= 4 is 10.0 Å². The van der Waals surface area contributed by atoms with E-state index in [2.05, 4.69) is 4.72 Å². The van der Waals surface area contributed by atoms with Crippen LogP contribution in [0, 0.1) is 20.8 Å². The van der Waals surface area contributed by atoms with Crippen molar-refractivity contribution in [2.45, 2.75) is 38.7 Å². The number of rotatable bonds is 7. The molecule has 0 fully saturated rings. The Morgan fingerprint density at radius 1 is 1.21 bits per heavy atom. The molecule has 1 aromatic carbocycles. The molecule has 2 N–H and O–H groups in total. The van der Waals surface area contributed by atoms with Crippen LogP contribution in [0.3, 0.4) is 0 Å². The van der Waals surface area contributed by atoms with Crippen molar-refractivity contribution in [3.05, 3.63) is 46.9 Å². The average molecular weight is 353 g/mol. The summed E-state index contributed by atoms with van der Waals surface area (Å²) in [5.74, 6) is 1.68. The van der Waals surface area contributed by atoms with Crippen molar-refractivity contribution in [2.75, 3.05) is 13.2 Å². The zero-order valence-corrected chi connectivity index (χ0v) is 15.1. The summed E-state index contributed by atoms with van der Waals surface area (Å²) in [5, 5.41) is 10.0. The number of aliphatic hydroxyl groups excluding tert-OH is 1. The van der Waals surface area contributed by atoms with Gasteiger partial charge in [0.25, 0.3) is 0 Å². The molecule has 1 unspecified atom stereocenters. The minimum atomic E-state index is -3.74. The Bertz CT molecular complexity index is 787. The Hall–Kier alpha value is -1.83. The first-order valence-electron chi connectivity index (χ1n) is 7.72. The Balaban J connectivity index is 2.15. The summed E-state index contributed by atoms with van der Waals surface area (Å²) in [6.07, 6.45) is -1.04. The predicted molar refractivity (Wildman–Crippen MR) is 90.7 cm³/mol. The number of aryl methyl sites for hydroxylation is 3. The van der Waals surface area contributed by atoms with Crippen LogP contribution in [0.25, 0.3) is 0 Å². The third-order valence-electron chi connectivity index (χ3n) is 3.59. The molecule has 1 atom stereocenters. The third-order valence-corrected chi connectivity index (χ3v) is 4.99. The Labute approximate surface area is 142 Å². The minimum Gasteiger partial charge on any atom is -0.493 e. The van der Waals surface area contributed by atoms with Gasteiger partial charge in [0.15, 0.2) is 0 Å². The zero-order chi connectivity index (χ0) is 17.9. The SMILES string of the molecule is CCOc1c(C)cc(S(=O)(=O)NCC(O)c2ccc(C)o2)cc1C. The van der Waals surface area contributed by atoms with Crippen LogP contribution in [0.2, 0.25) is 0 Å². The normalized spacial score (nSPS) is 13.0. The quantitative estimate of drug-likeness (QED) is 0.799. The molecule has 6 nitrogen and oxygen atoms in total. The number of hydrogen-bond donors (Lipinski definition) is 2. The van der Waals surface area contributed by atoms with Gasteiger partial charge in [-0.05, 0) is 63.1 Å². The molecule has 2 aromatic rings. The van der Waals surface area contributed by atoms with Crippen molar-refractivity contribution in [2.24, 2.45) is 0 Å². The number of ether oxygens (including phenoxy) is 1. The number of nitrogens with one attached hydrogen (secondary N) is 1. The summed E-state index contributed by atoms with van der Waals surface area (Å²) in [7, 11) is -3.74. The van der Waals surface area contributed by atoms with Crippen LogP contribution < -0.4 is 9.46 Å². The van der Waals surface area contributed by atoms with E-state index in [-0.39, 0.29) is 11.4 Å². The molecular formula is C17H23NO5S. The molecule has 0 aliphatic heterocycles. The molecule has 0 aliphatic carbocycles. The van der Waals surface area contributed by atoms with Crippen LogP contribution >= 0.6 is 0 Å². The van der Waals surface area contributed by atoms with E-state index in [0.717, 1.165) is 11.1 Å². The number of furan rings is 1. The van der Waals surface area contributed by atoms with Gasteiger partial charge in [-0.15, -0.1) is 0 Å². The van der Waals surface area contributed by atoms with E-state index in [1.807, 2.05) is 6.92 Å². The van der Waals surface area contributed by atoms with Crippen LogP contribution in [-0.4, -0.2) is 26.7 Å². The van der Waals surface area contributed by atoms with Gasteiger partial charge in [-0.1, -0.05) is 0 Å². The fraction of sp³-hybridized carbons (Fsp3) is 0.412. The van der Waals surface area contributed by atoms with E-state index in [4.69, 9.17) is 9.15 Å². The average Bonchev–Trinajstić information content (AvgIpc) is 2.95. The summed E-state index contributed by atoms with van der Waals surface area (Å²) < 4.78 is 38.1. The van der Waals surface area contributed by atoms with Crippen LogP contribution in [-0.2, 0) is 10.0 Å². The molecule has 1 heterocycles. The highest BCUT2D eigenvalue weighted by atomic mass is 32.2. The third kappa shape index (κ3) is 4.17. The fourth-order valence-corrected chi connectivity index (χ4v) is 3.65. The van der Waals surface area contributed by atoms with E-state index in [0.29, 0.717) is 23.9 Å². The van der Waals surface area contributed by atoms with Crippen molar-refractivity contribution in [3.63, 3.8) is 0 Å². The molecule has 0 aliphatic rings. The summed E-state index contributed by atoms with van der Waals surface area (Å²) in [5.41, 5.74) is 1.50. The molecule has 2 rings (SSSR count). The lowest BCUT2D eigenvalue weighted by atomic mass is 10.1. The van der Waals surface area contributed by atoms with Gasteiger partial charge in [-0.3, -0.25) is 0 Å². The number of sulfonamides is 1. The number of hydrogen-bond acceptors (Lipinski definition) is 5. The van der Waals surface area contributed by atoms with Crippen LogP contribution in [0.15, 0.2) is 33.6 Å². The number of benzene rings is 1. The molecular weight excluding hydrogens is 330 g/mol. The lowest BCUT2D eigenvalue weighted by Crippen LogP contribution is -2.28. The van der Waals surface area contributed by atoms with Gasteiger partial charge in [0.05, 0.1) is 11.5 Å². The summed E-state index contributed by atoms with van der Waals surface area (Å²) in [6.45, 7) is 7.59. The van der Waals surface area contributed by atoms with Crippen molar-refractivity contribution in [3.8, 4) is 5.75 Å². The highest BCUT2D eigenvalue weighted by molar-refractivity contribution is 7.89. The van der Waals surface area contributed by atoms with E-state index >= 15 is 0 Å². The number of aliphatic hydroxyl groups is 1. The molecule has 132 valence electrons. The van der Waals surface area contributed by atoms with Gasteiger partial charge in [0.1, 0.15) is 23.4 Å². The molecule has 1 aromatic heterocycles. The first-order chi connectivity index (χ1) is 11.2. The van der Waals surface area contributed by atoms with E-state index < -0.39 is 16.1 Å². The van der Waals surface area contributed by atoms with E-state index in [1.165, 1.54) is 0 Å². The van der Waals surface area contributed by atoms with Gasteiger partial charge in [0.2, 0.25) is 10.0 Å². The second-order valence-corrected chi connectivity index (χ2v) is 7.40. The summed E-state index contributed by atoms with van der Waals surface area (Å²) >= 11 is 0. The lowest BCUT2D eigenvalue weighted by molar-refractivity contribution is 0.152. The molecule has 0 bridgehead atoms. The van der Waals surface area contributed by atoms with Crippen molar-refractivity contribution in [1.29, 1.82) is 0 Å². The summed E-state index contributed by atoms with van der Waals surface area (Å²) in [6, 6.07) is 6.46. The first kappa shape index (κ1) is 18.5. The Morgan fingerprint density at radius 2 is 1.83 bits per heavy atom. The standard InChI is InChI=1S/C17H23NO5S/c1-5-22-17-11(2)8-14(9-12(17)3)24(20,21)18-10-15(19)16-7-6-13(4)23-16/h6-9,15,18-19H,5,10H2,1-4H3. The van der Waals surface area contributed by atoms with Crippen molar-refractivity contribution in [1.82, 2.24) is 4.72 Å². The van der Waals surface area contributed by atoms with Gasteiger partial charge in [-0.2, -0.15) is 0 Å². The molecule has 0 spiro atoms. The van der Waals surface area contributed by atoms with Gasteiger partial charge in [0, 0.05) is 6.54 Å². The maximum Gasteiger partial charge on any atom is 0.240 e. The molecule has 7 heteroatoms. The largest absolute Gasteiger partial charge is 0.493 e. The second kappa shape index (κ2) is 7.38. The molecule has 0 saturated heterocycles. The second-order valence-electron chi connectivity index (χ2n) is 5.64. The molecule has 0 amide bonds. The Morgan fingerprint density at radius 3 is 2.33 bits per heavy atom. The highest BCUT2D eigenvalue weighted by Crippen LogP contribution is 2.27. The van der Waals surface area contributed by atoms with Crippen molar-refractivity contribution < 1.29 is 22.7 Å². The van der Waals surface area contributed by atoms with Crippen LogP contribution in [0.5, 0.6) is 5.75 Å². The topological polar surface area (TPSA) is 88.8 Å². The summed E-state index contributed by atoms with van der Waals surface area (Å²) in [4.78, 5) is 0.142. The zero-order valence-electron chi connectivity index (χ0n) is 14.3. The maximum atomic E-state index is 12.5. The van der Waals surface area contributed by atoms with E-state index in [1.54, 1.807) is 45.0 Å². The molecule has 0 radical (unpaired) electrons. The first-order valence-corrected chi connectivity index (χ1v) is 9.21. The van der Waals surface area contributed by atoms with Crippen LogP contribution in [0.4, 0.5) is 0 Å². The lowest BCUT2D eigenvalue weighted by Gasteiger charge is -2.14. The predicted octanol–water partition coefficient (Wildman–Crippen LogP) is 2.62. The minimum absolute atomic E-state index is 0.142. The van der Waals surface area contributed by atoms with Crippen LogP contribution in [0.1, 0.15) is 35.7 Å². The molecule has 0 saturated carbocycles. The Kier molecular flexibility index (Phi) is 5.69.